The van der Waals surface area contributed by atoms with Gasteiger partial charge in [0, 0.05) is 37.8 Å². The van der Waals surface area contributed by atoms with Gasteiger partial charge in [0.1, 0.15) is 12.0 Å². The highest BCUT2D eigenvalue weighted by atomic mass is 19.2. The number of aromatic nitrogens is 1. The Bertz CT molecular complexity index is 938. The van der Waals surface area contributed by atoms with Gasteiger partial charge in [-0.3, -0.25) is 4.79 Å². The first-order valence-electron chi connectivity index (χ1n) is 8.83. The first kappa shape index (κ1) is 19.3. The highest BCUT2D eigenvalue weighted by Gasteiger charge is 2.35. The number of carbonyl (C=O) groups is 1. The molecule has 8 nitrogen and oxygen atoms in total. The predicted molar refractivity (Wildman–Crippen MR) is 95.6 cm³/mol. The van der Waals surface area contributed by atoms with Crippen molar-refractivity contribution in [3.8, 4) is 0 Å². The van der Waals surface area contributed by atoms with Crippen LogP contribution in [0.15, 0.2) is 35.2 Å². The lowest BCUT2D eigenvalue weighted by molar-refractivity contribution is -0.114. The number of anilines is 3. The Morgan fingerprint density at radius 2 is 2.14 bits per heavy atom. The summed E-state index contributed by atoms with van der Waals surface area (Å²) in [7, 11) is 0. The molecule has 0 bridgehead atoms. The van der Waals surface area contributed by atoms with Crippen molar-refractivity contribution in [2.75, 3.05) is 34.8 Å². The lowest BCUT2D eigenvalue weighted by Gasteiger charge is -2.26. The number of ketones is 1. The van der Waals surface area contributed by atoms with E-state index in [2.05, 4.69) is 15.0 Å². The largest absolute Gasteiger partial charge is 0.365 e. The number of nitrogens with zero attached hydrogens (tertiary/aromatic N) is 3. The highest BCUT2D eigenvalue weighted by molar-refractivity contribution is 5.91. The van der Waals surface area contributed by atoms with Gasteiger partial charge in [0.25, 0.3) is 0 Å². The number of ether oxygens (including phenoxy) is 1. The number of carbonyl (C=O) groups excluding carboxylic acids is 1. The van der Waals surface area contributed by atoms with Crippen LogP contribution in [0.3, 0.4) is 0 Å². The van der Waals surface area contributed by atoms with Crippen LogP contribution in [-0.4, -0.2) is 48.2 Å². The Hall–Kier alpha value is -3.05. The molecule has 11 heteroatoms. The molecule has 154 valence electrons. The Kier molecular flexibility index (Phi) is 5.16. The molecule has 1 fully saturated rings. The van der Waals surface area contributed by atoms with E-state index in [0.717, 1.165) is 15.9 Å². The van der Waals surface area contributed by atoms with Crippen LogP contribution in [0.1, 0.15) is 6.42 Å². The molecule has 2 aromatic rings. The molecule has 1 unspecified atom stereocenters. The van der Waals surface area contributed by atoms with Crippen LogP contribution in [0.4, 0.5) is 30.4 Å². The van der Waals surface area contributed by atoms with Crippen molar-refractivity contribution in [1.82, 2.24) is 5.16 Å². The number of nitrogens with one attached hydrogen (secondary N) is 1. The lowest BCUT2D eigenvalue weighted by atomic mass is 10.1. The van der Waals surface area contributed by atoms with E-state index in [0.29, 0.717) is 5.82 Å². The second kappa shape index (κ2) is 7.76. The van der Waals surface area contributed by atoms with Gasteiger partial charge in [-0.05, 0) is 6.08 Å². The molecule has 2 atom stereocenters. The smallest absolute Gasteiger partial charge is 0.238 e. The predicted octanol–water partition coefficient (Wildman–Crippen LogP) is 1.98. The van der Waals surface area contributed by atoms with Crippen LogP contribution in [0.5, 0.6) is 0 Å². The molecule has 2 aliphatic heterocycles. The summed E-state index contributed by atoms with van der Waals surface area (Å²) in [5, 5.41) is 16.7. The third-order valence-electron chi connectivity index (χ3n) is 4.68. The second-order valence-electron chi connectivity index (χ2n) is 6.58. The van der Waals surface area contributed by atoms with Crippen LogP contribution >= 0.6 is 0 Å². The molecule has 2 N–H and O–H groups in total. The van der Waals surface area contributed by atoms with E-state index in [4.69, 9.17) is 4.74 Å². The highest BCUT2D eigenvalue weighted by Crippen LogP contribution is 2.35. The molecule has 1 aromatic carbocycles. The van der Waals surface area contributed by atoms with Crippen molar-refractivity contribution in [2.45, 2.75) is 18.9 Å². The van der Waals surface area contributed by atoms with Gasteiger partial charge in [0.15, 0.2) is 29.1 Å². The molecule has 0 saturated carbocycles. The summed E-state index contributed by atoms with van der Waals surface area (Å²) in [6.45, 7) is 0.226. The van der Waals surface area contributed by atoms with Gasteiger partial charge in [0.05, 0.1) is 18.3 Å². The minimum atomic E-state index is -1.58. The van der Waals surface area contributed by atoms with E-state index < -0.39 is 41.3 Å². The molecule has 0 aliphatic carbocycles. The Labute approximate surface area is 163 Å². The van der Waals surface area contributed by atoms with Gasteiger partial charge < -0.3 is 29.5 Å². The topological polar surface area (TPSA) is 91.1 Å². The number of benzene rings is 1. The molecule has 2 aliphatic rings. The first-order valence-corrected chi connectivity index (χ1v) is 8.83. The fourth-order valence-electron chi connectivity index (χ4n) is 3.24. The maximum absolute atomic E-state index is 14.7. The summed E-state index contributed by atoms with van der Waals surface area (Å²) in [5.41, 5.74) is -1.05. The number of hydrogen-bond acceptors (Lipinski definition) is 8. The third kappa shape index (κ3) is 3.78. The second-order valence-corrected chi connectivity index (χ2v) is 6.58. The lowest BCUT2D eigenvalue weighted by Crippen LogP contribution is -2.32. The molecule has 0 amide bonds. The van der Waals surface area contributed by atoms with Gasteiger partial charge in [-0.15, -0.1) is 0 Å². The first-order chi connectivity index (χ1) is 13.9. The van der Waals surface area contributed by atoms with E-state index in [1.54, 1.807) is 6.07 Å². The van der Waals surface area contributed by atoms with E-state index in [9.17, 15) is 23.1 Å². The maximum Gasteiger partial charge on any atom is 0.238 e. The normalized spacial score (nSPS) is 21.9. The van der Waals surface area contributed by atoms with Crippen molar-refractivity contribution in [3.05, 3.63) is 48.1 Å². The van der Waals surface area contributed by atoms with Crippen LogP contribution < -0.4 is 15.1 Å². The average Bonchev–Trinajstić information content (AvgIpc) is 3.34. The monoisotopic (exact) mass is 410 g/mol. The number of aliphatic hydroxyl groups excluding tert-OH is 1. The zero-order chi connectivity index (χ0) is 20.5. The minimum Gasteiger partial charge on any atom is -0.365 e. The summed E-state index contributed by atoms with van der Waals surface area (Å²) in [4.78, 5) is 13.4. The molecule has 29 heavy (non-hydrogen) atoms. The van der Waals surface area contributed by atoms with Gasteiger partial charge in [-0.2, -0.15) is 0 Å². The number of hydrogen-bond donors (Lipinski definition) is 2. The van der Waals surface area contributed by atoms with Crippen molar-refractivity contribution >= 4 is 23.0 Å². The average molecular weight is 410 g/mol. The molecule has 1 aromatic heterocycles. The molecule has 3 heterocycles. The maximum atomic E-state index is 14.7. The van der Waals surface area contributed by atoms with Crippen molar-refractivity contribution in [2.24, 2.45) is 0 Å². The summed E-state index contributed by atoms with van der Waals surface area (Å²) < 4.78 is 54.0. The van der Waals surface area contributed by atoms with Crippen molar-refractivity contribution in [3.63, 3.8) is 0 Å². The SMILES string of the molecule is O=C1C=CN(c2c(F)cc(N3C[C@H](CNc4ccon4)OC3O)c(F)c2F)CC1. The van der Waals surface area contributed by atoms with Crippen molar-refractivity contribution < 1.29 is 32.3 Å². The minimum absolute atomic E-state index is 0.0146. The molecule has 0 radical (unpaired) electrons. The summed E-state index contributed by atoms with van der Waals surface area (Å²) >= 11 is 0. The number of allylic oxidation sites excluding steroid dienone is 1. The fourth-order valence-corrected chi connectivity index (χ4v) is 3.24. The van der Waals surface area contributed by atoms with Crippen LogP contribution in [0.25, 0.3) is 0 Å². The van der Waals surface area contributed by atoms with Crippen LogP contribution in [0, 0.1) is 17.5 Å². The Balaban J connectivity index is 1.54. The molecular weight excluding hydrogens is 393 g/mol. The summed E-state index contributed by atoms with van der Waals surface area (Å²) in [6, 6.07) is 2.38. The zero-order valence-corrected chi connectivity index (χ0v) is 15.0. The zero-order valence-electron chi connectivity index (χ0n) is 15.0. The fraction of sp³-hybridized carbons (Fsp3) is 0.333. The molecule has 4 rings (SSSR count). The van der Waals surface area contributed by atoms with Crippen LogP contribution in [0.2, 0.25) is 0 Å². The molecule has 1 saturated heterocycles. The summed E-state index contributed by atoms with van der Waals surface area (Å²) in [6.07, 6.45) is 1.66. The van der Waals surface area contributed by atoms with Gasteiger partial charge in [-0.1, -0.05) is 5.16 Å². The third-order valence-corrected chi connectivity index (χ3v) is 4.68. The van der Waals surface area contributed by atoms with Gasteiger partial charge in [-0.25, -0.2) is 13.2 Å². The molecule has 0 spiro atoms. The quantitative estimate of drug-likeness (QED) is 0.724. The van der Waals surface area contributed by atoms with Crippen LogP contribution in [-0.2, 0) is 9.53 Å². The van der Waals surface area contributed by atoms with Gasteiger partial charge >= 0.3 is 0 Å². The molecular formula is C18H17F3N4O4. The van der Waals surface area contributed by atoms with Gasteiger partial charge in [0.2, 0.25) is 6.41 Å². The van der Waals surface area contributed by atoms with E-state index in [-0.39, 0.29) is 31.8 Å². The number of rotatable bonds is 5. The Morgan fingerprint density at radius 1 is 1.31 bits per heavy atom. The number of aliphatic hydroxyl groups is 1. The van der Waals surface area contributed by atoms with E-state index in [1.807, 2.05) is 0 Å². The van der Waals surface area contributed by atoms with E-state index in [1.165, 1.54) is 18.5 Å². The number of halogens is 3. The Morgan fingerprint density at radius 3 is 2.83 bits per heavy atom. The summed E-state index contributed by atoms with van der Waals surface area (Å²) in [5.74, 6) is -3.48. The standard InChI is InChI=1S/C18H17F3N4O4/c19-12-7-13(15(20)16(21)17(12)24-4-1-10(26)2-5-24)25-9-11(29-18(25)27)8-22-14-3-6-28-23-14/h1,3-4,6-7,11,18,27H,2,5,8-9H2,(H,22,23)/t11-,18?/m0/s1. The van der Waals surface area contributed by atoms with E-state index >= 15 is 0 Å². The van der Waals surface area contributed by atoms with Crippen molar-refractivity contribution in [1.29, 1.82) is 0 Å².